The molecular formula is C15H18N2O3. The number of aliphatic carboxylic acids is 1. The van der Waals surface area contributed by atoms with Gasteiger partial charge in [0.05, 0.1) is 6.61 Å². The molecule has 5 nitrogen and oxygen atoms in total. The largest absolute Gasteiger partial charge is 0.491 e. The molecular weight excluding hydrogens is 256 g/mol. The SMILES string of the molecule is CCCOc1cccc2c(N[C@@H](C)C(=O)O)ccnc12. The van der Waals surface area contributed by atoms with E-state index in [1.165, 1.54) is 0 Å². The van der Waals surface area contributed by atoms with Crippen molar-refractivity contribution in [3.63, 3.8) is 0 Å². The van der Waals surface area contributed by atoms with Gasteiger partial charge in [0, 0.05) is 17.3 Å². The molecule has 0 unspecified atom stereocenters. The summed E-state index contributed by atoms with van der Waals surface area (Å²) in [7, 11) is 0. The minimum absolute atomic E-state index is 0.629. The van der Waals surface area contributed by atoms with Crippen molar-refractivity contribution in [1.29, 1.82) is 0 Å². The molecule has 0 bridgehead atoms. The van der Waals surface area contributed by atoms with Crippen LogP contribution in [0.1, 0.15) is 20.3 Å². The van der Waals surface area contributed by atoms with Gasteiger partial charge in [-0.15, -0.1) is 0 Å². The zero-order valence-electron chi connectivity index (χ0n) is 11.6. The summed E-state index contributed by atoms with van der Waals surface area (Å²) in [5.74, 6) is -0.177. The Hall–Kier alpha value is -2.30. The van der Waals surface area contributed by atoms with Crippen LogP contribution in [0.5, 0.6) is 5.75 Å². The molecule has 5 heteroatoms. The van der Waals surface area contributed by atoms with Gasteiger partial charge in [0.1, 0.15) is 17.3 Å². The van der Waals surface area contributed by atoms with E-state index in [2.05, 4.69) is 10.3 Å². The number of nitrogens with one attached hydrogen (secondary N) is 1. The number of carbonyl (C=O) groups is 1. The zero-order valence-corrected chi connectivity index (χ0v) is 11.6. The molecule has 0 saturated heterocycles. The van der Waals surface area contributed by atoms with E-state index < -0.39 is 12.0 Å². The van der Waals surface area contributed by atoms with Crippen LogP contribution in [-0.4, -0.2) is 28.7 Å². The fourth-order valence-corrected chi connectivity index (χ4v) is 1.90. The number of para-hydroxylation sites is 1. The number of benzene rings is 1. The molecule has 0 aliphatic heterocycles. The summed E-state index contributed by atoms with van der Waals surface area (Å²) >= 11 is 0. The van der Waals surface area contributed by atoms with Crippen molar-refractivity contribution in [2.24, 2.45) is 0 Å². The predicted molar refractivity (Wildman–Crippen MR) is 78.2 cm³/mol. The van der Waals surface area contributed by atoms with E-state index in [1.807, 2.05) is 25.1 Å². The molecule has 106 valence electrons. The molecule has 2 N–H and O–H groups in total. The van der Waals surface area contributed by atoms with Crippen molar-refractivity contribution in [2.45, 2.75) is 26.3 Å². The first-order chi connectivity index (χ1) is 9.63. The highest BCUT2D eigenvalue weighted by molar-refractivity contribution is 5.95. The van der Waals surface area contributed by atoms with E-state index in [1.54, 1.807) is 19.2 Å². The van der Waals surface area contributed by atoms with Gasteiger partial charge >= 0.3 is 5.97 Å². The maximum absolute atomic E-state index is 10.9. The molecule has 0 fully saturated rings. The van der Waals surface area contributed by atoms with Gasteiger partial charge in [-0.05, 0) is 25.5 Å². The Bertz CT molecular complexity index is 613. The van der Waals surface area contributed by atoms with Crippen LogP contribution < -0.4 is 10.1 Å². The maximum Gasteiger partial charge on any atom is 0.325 e. The van der Waals surface area contributed by atoms with Crippen LogP contribution in [0, 0.1) is 0 Å². The molecule has 20 heavy (non-hydrogen) atoms. The minimum atomic E-state index is -0.895. The van der Waals surface area contributed by atoms with Gasteiger partial charge in [0.15, 0.2) is 0 Å². The first kappa shape index (κ1) is 14.1. The molecule has 1 heterocycles. The minimum Gasteiger partial charge on any atom is -0.491 e. The lowest BCUT2D eigenvalue weighted by atomic mass is 10.1. The van der Waals surface area contributed by atoms with Crippen LogP contribution in [0.2, 0.25) is 0 Å². The molecule has 0 saturated carbocycles. The fraction of sp³-hybridized carbons (Fsp3) is 0.333. The van der Waals surface area contributed by atoms with E-state index in [0.29, 0.717) is 6.61 Å². The molecule has 0 aliphatic rings. The van der Waals surface area contributed by atoms with Crippen molar-refractivity contribution in [2.75, 3.05) is 11.9 Å². The van der Waals surface area contributed by atoms with Gasteiger partial charge < -0.3 is 15.2 Å². The zero-order chi connectivity index (χ0) is 14.5. The number of anilines is 1. The number of hydrogen-bond acceptors (Lipinski definition) is 4. The summed E-state index contributed by atoms with van der Waals surface area (Å²) in [5.41, 5.74) is 1.48. The van der Waals surface area contributed by atoms with Gasteiger partial charge in [0.25, 0.3) is 0 Å². The molecule has 1 aromatic heterocycles. The maximum atomic E-state index is 10.9. The number of aromatic nitrogens is 1. The Morgan fingerprint density at radius 2 is 2.25 bits per heavy atom. The molecule has 1 atom stereocenters. The molecule has 2 aromatic rings. The van der Waals surface area contributed by atoms with Crippen molar-refractivity contribution in [3.8, 4) is 5.75 Å². The summed E-state index contributed by atoms with van der Waals surface area (Å²) < 4.78 is 5.67. The fourth-order valence-electron chi connectivity index (χ4n) is 1.90. The Kier molecular flexibility index (Phi) is 4.40. The monoisotopic (exact) mass is 274 g/mol. The average Bonchev–Trinajstić information content (AvgIpc) is 2.45. The highest BCUT2D eigenvalue weighted by Crippen LogP contribution is 2.29. The van der Waals surface area contributed by atoms with Gasteiger partial charge in [-0.3, -0.25) is 9.78 Å². The summed E-state index contributed by atoms with van der Waals surface area (Å²) in [4.78, 5) is 15.3. The number of hydrogen-bond donors (Lipinski definition) is 2. The van der Waals surface area contributed by atoms with Gasteiger partial charge in [-0.25, -0.2) is 0 Å². The Morgan fingerprint density at radius 3 is 2.95 bits per heavy atom. The van der Waals surface area contributed by atoms with Gasteiger partial charge in [-0.1, -0.05) is 19.1 Å². The highest BCUT2D eigenvalue weighted by Gasteiger charge is 2.13. The van der Waals surface area contributed by atoms with Crippen LogP contribution in [-0.2, 0) is 4.79 Å². The van der Waals surface area contributed by atoms with Crippen molar-refractivity contribution in [1.82, 2.24) is 4.98 Å². The Labute approximate surface area is 117 Å². The van der Waals surface area contributed by atoms with E-state index >= 15 is 0 Å². The second-order valence-corrected chi connectivity index (χ2v) is 4.56. The molecule has 0 radical (unpaired) electrons. The quantitative estimate of drug-likeness (QED) is 0.847. The third kappa shape index (κ3) is 2.99. The van der Waals surface area contributed by atoms with E-state index in [4.69, 9.17) is 9.84 Å². The van der Waals surface area contributed by atoms with Gasteiger partial charge in [-0.2, -0.15) is 0 Å². The summed E-state index contributed by atoms with van der Waals surface area (Å²) in [5, 5.41) is 12.8. The lowest BCUT2D eigenvalue weighted by Crippen LogP contribution is -2.25. The predicted octanol–water partition coefficient (Wildman–Crippen LogP) is 2.91. The van der Waals surface area contributed by atoms with Crippen LogP contribution in [0.25, 0.3) is 10.9 Å². The van der Waals surface area contributed by atoms with Crippen molar-refractivity contribution < 1.29 is 14.6 Å². The first-order valence-corrected chi connectivity index (χ1v) is 6.63. The number of fused-ring (bicyclic) bond motifs is 1. The topological polar surface area (TPSA) is 71.5 Å². The summed E-state index contributed by atoms with van der Waals surface area (Å²) in [6.45, 7) is 4.27. The third-order valence-corrected chi connectivity index (χ3v) is 2.94. The van der Waals surface area contributed by atoms with E-state index in [-0.39, 0.29) is 0 Å². The second kappa shape index (κ2) is 6.23. The third-order valence-electron chi connectivity index (χ3n) is 2.94. The first-order valence-electron chi connectivity index (χ1n) is 6.63. The average molecular weight is 274 g/mol. The summed E-state index contributed by atoms with van der Waals surface area (Å²) in [6.07, 6.45) is 2.57. The Balaban J connectivity index is 2.39. The van der Waals surface area contributed by atoms with Crippen molar-refractivity contribution in [3.05, 3.63) is 30.5 Å². The van der Waals surface area contributed by atoms with Gasteiger partial charge in [0.2, 0.25) is 0 Å². The molecule has 1 aromatic carbocycles. The lowest BCUT2D eigenvalue weighted by molar-refractivity contribution is -0.137. The smallest absolute Gasteiger partial charge is 0.325 e. The summed E-state index contributed by atoms with van der Waals surface area (Å²) in [6, 6.07) is 6.76. The molecule has 0 amide bonds. The normalized spacial score (nSPS) is 12.1. The highest BCUT2D eigenvalue weighted by atomic mass is 16.5. The number of ether oxygens (including phenoxy) is 1. The van der Waals surface area contributed by atoms with Crippen LogP contribution in [0.4, 0.5) is 5.69 Å². The Morgan fingerprint density at radius 1 is 1.45 bits per heavy atom. The number of carboxylic acid groups (broad SMARTS) is 1. The van der Waals surface area contributed by atoms with E-state index in [0.717, 1.165) is 28.8 Å². The lowest BCUT2D eigenvalue weighted by Gasteiger charge is -2.14. The number of nitrogens with zero attached hydrogens (tertiary/aromatic N) is 1. The van der Waals surface area contributed by atoms with Crippen molar-refractivity contribution >= 4 is 22.6 Å². The molecule has 0 aliphatic carbocycles. The van der Waals surface area contributed by atoms with Crippen LogP contribution in [0.15, 0.2) is 30.5 Å². The van der Waals surface area contributed by atoms with E-state index in [9.17, 15) is 4.79 Å². The number of pyridine rings is 1. The number of rotatable bonds is 6. The molecule has 2 rings (SSSR count). The van der Waals surface area contributed by atoms with Crippen LogP contribution >= 0.6 is 0 Å². The van der Waals surface area contributed by atoms with Crippen LogP contribution in [0.3, 0.4) is 0 Å². The molecule has 0 spiro atoms. The standard InChI is InChI=1S/C15H18N2O3/c1-3-9-20-13-6-4-5-11-12(7-8-16-14(11)13)17-10(2)15(18)19/h4-8,10H,3,9H2,1-2H3,(H,16,17)(H,18,19)/t10-/m0/s1. The second-order valence-electron chi connectivity index (χ2n) is 4.56. The number of carboxylic acids is 1.